The summed E-state index contributed by atoms with van der Waals surface area (Å²) in [5.41, 5.74) is 1.81. The summed E-state index contributed by atoms with van der Waals surface area (Å²) >= 11 is 1.34. The number of aromatic nitrogens is 2. The van der Waals surface area contributed by atoms with Crippen LogP contribution < -0.4 is 10.1 Å². The molecule has 0 aliphatic rings. The molecule has 0 atom stereocenters. The van der Waals surface area contributed by atoms with Crippen molar-refractivity contribution in [1.82, 2.24) is 15.3 Å². The number of thioether (sulfide) groups is 1. The van der Waals surface area contributed by atoms with Crippen LogP contribution in [0.25, 0.3) is 10.8 Å². The van der Waals surface area contributed by atoms with Gasteiger partial charge in [-0.25, -0.2) is 9.97 Å². The van der Waals surface area contributed by atoms with Crippen LogP contribution in [0.2, 0.25) is 0 Å². The molecule has 0 fully saturated rings. The predicted octanol–water partition coefficient (Wildman–Crippen LogP) is 3.53. The van der Waals surface area contributed by atoms with E-state index in [2.05, 4.69) is 27.4 Å². The third-order valence-corrected chi connectivity index (χ3v) is 4.56. The summed E-state index contributed by atoms with van der Waals surface area (Å²) in [5, 5.41) is 5.80. The van der Waals surface area contributed by atoms with Gasteiger partial charge in [0, 0.05) is 11.4 Å². The molecule has 0 spiro atoms. The first-order chi connectivity index (χ1) is 12.6. The number of rotatable bonds is 7. The first kappa shape index (κ1) is 18.2. The highest BCUT2D eigenvalue weighted by atomic mass is 32.2. The van der Waals surface area contributed by atoms with Crippen molar-refractivity contribution < 1.29 is 9.53 Å². The molecule has 3 aromatic rings. The maximum absolute atomic E-state index is 11.9. The van der Waals surface area contributed by atoms with Crippen molar-refractivity contribution in [1.29, 1.82) is 0 Å². The van der Waals surface area contributed by atoms with Crippen LogP contribution in [-0.4, -0.2) is 34.8 Å². The van der Waals surface area contributed by atoms with Gasteiger partial charge in [0.05, 0.1) is 12.3 Å². The summed E-state index contributed by atoms with van der Waals surface area (Å²) in [6, 6.07) is 16.0. The van der Waals surface area contributed by atoms with Crippen LogP contribution in [0.15, 0.2) is 53.7 Å². The van der Waals surface area contributed by atoms with Crippen LogP contribution in [0.4, 0.5) is 0 Å². The fraction of sp³-hybridized carbons (Fsp3) is 0.250. The zero-order chi connectivity index (χ0) is 18.4. The van der Waals surface area contributed by atoms with Gasteiger partial charge in [-0.2, -0.15) is 0 Å². The van der Waals surface area contributed by atoms with Crippen LogP contribution in [0.3, 0.4) is 0 Å². The SMILES string of the molecule is Cc1cc(C)nc(SCC(=O)NCCOc2ccc3ccccc3c2)n1. The smallest absolute Gasteiger partial charge is 0.230 e. The number of carbonyl (C=O) groups is 1. The Balaban J connectivity index is 1.40. The molecule has 6 heteroatoms. The molecular formula is C20H21N3O2S. The van der Waals surface area contributed by atoms with E-state index >= 15 is 0 Å². The minimum Gasteiger partial charge on any atom is -0.492 e. The van der Waals surface area contributed by atoms with Crippen LogP contribution in [-0.2, 0) is 4.79 Å². The van der Waals surface area contributed by atoms with Crippen molar-refractivity contribution in [2.75, 3.05) is 18.9 Å². The Hall–Kier alpha value is -2.60. The predicted molar refractivity (Wildman–Crippen MR) is 105 cm³/mol. The number of fused-ring (bicyclic) bond motifs is 1. The highest BCUT2D eigenvalue weighted by molar-refractivity contribution is 7.99. The summed E-state index contributed by atoms with van der Waals surface area (Å²) < 4.78 is 5.71. The molecule has 1 amide bonds. The van der Waals surface area contributed by atoms with Gasteiger partial charge in [0.15, 0.2) is 5.16 Å². The van der Waals surface area contributed by atoms with E-state index in [0.29, 0.717) is 24.1 Å². The first-order valence-electron chi connectivity index (χ1n) is 8.43. The second-order valence-corrected chi connectivity index (χ2v) is 6.87. The molecule has 134 valence electrons. The monoisotopic (exact) mass is 367 g/mol. The minimum absolute atomic E-state index is 0.0557. The van der Waals surface area contributed by atoms with E-state index in [-0.39, 0.29) is 5.91 Å². The average Bonchev–Trinajstić information content (AvgIpc) is 2.63. The largest absolute Gasteiger partial charge is 0.492 e. The molecule has 0 bridgehead atoms. The van der Waals surface area contributed by atoms with Gasteiger partial charge in [0.1, 0.15) is 12.4 Å². The Bertz CT molecular complexity index is 894. The lowest BCUT2D eigenvalue weighted by molar-refractivity contribution is -0.118. The summed E-state index contributed by atoms with van der Waals surface area (Å²) in [5.74, 6) is 1.04. The Morgan fingerprint density at radius 3 is 2.54 bits per heavy atom. The lowest BCUT2D eigenvalue weighted by atomic mass is 10.1. The molecule has 26 heavy (non-hydrogen) atoms. The number of benzene rings is 2. The molecule has 0 saturated heterocycles. The zero-order valence-corrected chi connectivity index (χ0v) is 15.7. The van der Waals surface area contributed by atoms with E-state index in [1.165, 1.54) is 17.1 Å². The van der Waals surface area contributed by atoms with Crippen LogP contribution >= 0.6 is 11.8 Å². The van der Waals surface area contributed by atoms with Crippen LogP contribution in [0, 0.1) is 13.8 Å². The molecule has 1 heterocycles. The average molecular weight is 367 g/mol. The highest BCUT2D eigenvalue weighted by Gasteiger charge is 2.06. The number of hydrogen-bond donors (Lipinski definition) is 1. The number of ether oxygens (including phenoxy) is 1. The lowest BCUT2D eigenvalue weighted by Crippen LogP contribution is -2.29. The normalized spacial score (nSPS) is 10.7. The molecule has 0 saturated carbocycles. The fourth-order valence-corrected chi connectivity index (χ4v) is 3.34. The number of carbonyl (C=O) groups excluding carboxylic acids is 1. The molecule has 0 aliphatic carbocycles. The number of amides is 1. The topological polar surface area (TPSA) is 64.1 Å². The lowest BCUT2D eigenvalue weighted by Gasteiger charge is -2.08. The van der Waals surface area contributed by atoms with Gasteiger partial charge in [0.25, 0.3) is 0 Å². The zero-order valence-electron chi connectivity index (χ0n) is 14.9. The van der Waals surface area contributed by atoms with Gasteiger partial charge in [-0.3, -0.25) is 4.79 Å². The Labute approximate surface area is 157 Å². The van der Waals surface area contributed by atoms with E-state index in [9.17, 15) is 4.79 Å². The van der Waals surface area contributed by atoms with Gasteiger partial charge < -0.3 is 10.1 Å². The summed E-state index contributed by atoms with van der Waals surface area (Å²) in [7, 11) is 0. The van der Waals surface area contributed by atoms with Gasteiger partial charge in [-0.15, -0.1) is 0 Å². The van der Waals surface area contributed by atoms with Crippen LogP contribution in [0.5, 0.6) is 5.75 Å². The molecule has 2 aromatic carbocycles. The quantitative estimate of drug-likeness (QED) is 0.393. The number of aryl methyl sites for hydroxylation is 2. The molecule has 5 nitrogen and oxygen atoms in total. The standard InChI is InChI=1S/C20H21N3O2S/c1-14-11-15(2)23-20(22-14)26-13-19(24)21-9-10-25-18-8-7-16-5-3-4-6-17(16)12-18/h3-8,11-12H,9-10,13H2,1-2H3,(H,21,24). The van der Waals surface area contributed by atoms with Crippen LogP contribution in [0.1, 0.15) is 11.4 Å². The van der Waals surface area contributed by atoms with E-state index in [0.717, 1.165) is 22.5 Å². The van der Waals surface area contributed by atoms with Crippen molar-refractivity contribution >= 4 is 28.4 Å². The van der Waals surface area contributed by atoms with Gasteiger partial charge in [-0.05, 0) is 42.8 Å². The molecule has 1 N–H and O–H groups in total. The molecule has 1 aromatic heterocycles. The van der Waals surface area contributed by atoms with E-state index in [4.69, 9.17) is 4.74 Å². The first-order valence-corrected chi connectivity index (χ1v) is 9.42. The summed E-state index contributed by atoms with van der Waals surface area (Å²) in [6.07, 6.45) is 0. The Kier molecular flexibility index (Phi) is 6.07. The third-order valence-electron chi connectivity index (χ3n) is 3.71. The molecule has 0 radical (unpaired) electrons. The molecule has 0 aliphatic heterocycles. The maximum atomic E-state index is 11.9. The Morgan fingerprint density at radius 1 is 1.04 bits per heavy atom. The second kappa shape index (κ2) is 8.67. The van der Waals surface area contributed by atoms with Crippen molar-refractivity contribution in [3.8, 4) is 5.75 Å². The van der Waals surface area contributed by atoms with Crippen molar-refractivity contribution in [3.05, 3.63) is 59.9 Å². The van der Waals surface area contributed by atoms with E-state index < -0.39 is 0 Å². The highest BCUT2D eigenvalue weighted by Crippen LogP contribution is 2.20. The fourth-order valence-electron chi connectivity index (χ4n) is 2.56. The second-order valence-electron chi connectivity index (χ2n) is 5.93. The molecule has 3 rings (SSSR count). The van der Waals surface area contributed by atoms with Crippen molar-refractivity contribution in [2.45, 2.75) is 19.0 Å². The van der Waals surface area contributed by atoms with Gasteiger partial charge in [0.2, 0.25) is 5.91 Å². The van der Waals surface area contributed by atoms with Crippen molar-refractivity contribution in [2.24, 2.45) is 0 Å². The van der Waals surface area contributed by atoms with Crippen molar-refractivity contribution in [3.63, 3.8) is 0 Å². The summed E-state index contributed by atoms with van der Waals surface area (Å²) in [6.45, 7) is 4.72. The van der Waals surface area contributed by atoms with Gasteiger partial charge >= 0.3 is 0 Å². The maximum Gasteiger partial charge on any atom is 0.230 e. The molecular weight excluding hydrogens is 346 g/mol. The molecule has 0 unspecified atom stereocenters. The minimum atomic E-state index is -0.0557. The number of hydrogen-bond acceptors (Lipinski definition) is 5. The summed E-state index contributed by atoms with van der Waals surface area (Å²) in [4.78, 5) is 20.6. The number of nitrogens with one attached hydrogen (secondary N) is 1. The third kappa shape index (κ3) is 5.20. The van der Waals surface area contributed by atoms with E-state index in [1.807, 2.05) is 50.2 Å². The van der Waals surface area contributed by atoms with Gasteiger partial charge in [-0.1, -0.05) is 42.1 Å². The Morgan fingerprint density at radius 2 is 1.77 bits per heavy atom. The number of nitrogens with zero attached hydrogens (tertiary/aromatic N) is 2. The van der Waals surface area contributed by atoms with E-state index in [1.54, 1.807) is 0 Å².